The van der Waals surface area contributed by atoms with E-state index in [-0.39, 0.29) is 11.9 Å². The van der Waals surface area contributed by atoms with Crippen LogP contribution in [-0.2, 0) is 11.3 Å². The van der Waals surface area contributed by atoms with Crippen LogP contribution < -0.4 is 0 Å². The quantitative estimate of drug-likeness (QED) is 0.846. The first-order valence-corrected chi connectivity index (χ1v) is 8.17. The van der Waals surface area contributed by atoms with Crippen molar-refractivity contribution in [1.29, 1.82) is 0 Å². The summed E-state index contributed by atoms with van der Waals surface area (Å²) in [6.07, 6.45) is 0.755. The molecule has 1 saturated heterocycles. The van der Waals surface area contributed by atoms with Crippen molar-refractivity contribution in [3.05, 3.63) is 28.7 Å². The minimum atomic E-state index is -0.168. The molecule has 1 amide bonds. The Kier molecular flexibility index (Phi) is 4.66. The molecular formula is C16H23N5O3. The van der Waals surface area contributed by atoms with E-state index in [2.05, 4.69) is 20.2 Å². The third-order valence-corrected chi connectivity index (χ3v) is 4.55. The predicted molar refractivity (Wildman–Crippen MR) is 85.0 cm³/mol. The molecular weight excluding hydrogens is 310 g/mol. The molecule has 0 spiro atoms. The molecule has 1 aliphatic heterocycles. The van der Waals surface area contributed by atoms with Crippen LogP contribution in [0.25, 0.3) is 0 Å². The first-order valence-electron chi connectivity index (χ1n) is 8.17. The van der Waals surface area contributed by atoms with Gasteiger partial charge in [-0.15, -0.1) is 0 Å². The highest BCUT2D eigenvalue weighted by molar-refractivity contribution is 5.73. The summed E-state index contributed by atoms with van der Waals surface area (Å²) in [6, 6.07) is -0.168. The van der Waals surface area contributed by atoms with E-state index >= 15 is 0 Å². The van der Waals surface area contributed by atoms with Gasteiger partial charge >= 0.3 is 0 Å². The van der Waals surface area contributed by atoms with Gasteiger partial charge in [-0.2, -0.15) is 4.98 Å². The molecule has 130 valence electrons. The Morgan fingerprint density at radius 1 is 1.17 bits per heavy atom. The smallest absolute Gasteiger partial charge is 0.249 e. The van der Waals surface area contributed by atoms with Crippen LogP contribution in [0.15, 0.2) is 9.05 Å². The summed E-state index contributed by atoms with van der Waals surface area (Å²) in [5, 5.41) is 7.87. The largest absolute Gasteiger partial charge is 0.361 e. The number of amides is 1. The number of rotatable bonds is 3. The van der Waals surface area contributed by atoms with E-state index < -0.39 is 0 Å². The Morgan fingerprint density at radius 2 is 1.96 bits per heavy atom. The predicted octanol–water partition coefficient (Wildman–Crippen LogP) is 1.78. The van der Waals surface area contributed by atoms with Crippen LogP contribution in [-0.4, -0.2) is 50.6 Å². The lowest BCUT2D eigenvalue weighted by molar-refractivity contribution is -0.131. The average Bonchev–Trinajstić information content (AvgIpc) is 3.01. The zero-order valence-corrected chi connectivity index (χ0v) is 14.6. The van der Waals surface area contributed by atoms with Crippen molar-refractivity contribution in [2.45, 2.75) is 46.7 Å². The highest BCUT2D eigenvalue weighted by Crippen LogP contribution is 2.27. The lowest BCUT2D eigenvalue weighted by Gasteiger charge is -2.25. The summed E-state index contributed by atoms with van der Waals surface area (Å²) in [6.45, 7) is 10.3. The van der Waals surface area contributed by atoms with Crippen molar-refractivity contribution in [2.24, 2.45) is 0 Å². The highest BCUT2D eigenvalue weighted by atomic mass is 16.5. The second-order valence-corrected chi connectivity index (χ2v) is 6.28. The van der Waals surface area contributed by atoms with Crippen LogP contribution in [0.1, 0.15) is 48.1 Å². The van der Waals surface area contributed by atoms with Gasteiger partial charge in [0.2, 0.25) is 11.8 Å². The molecule has 1 aliphatic rings. The maximum absolute atomic E-state index is 12.1. The molecule has 0 saturated carbocycles. The minimum Gasteiger partial charge on any atom is -0.361 e. The maximum atomic E-state index is 12.1. The Morgan fingerprint density at radius 3 is 2.54 bits per heavy atom. The summed E-state index contributed by atoms with van der Waals surface area (Å²) >= 11 is 0. The topological polar surface area (TPSA) is 88.5 Å². The summed E-state index contributed by atoms with van der Waals surface area (Å²) in [5.74, 6) is 1.98. The van der Waals surface area contributed by atoms with E-state index in [0.717, 1.165) is 43.1 Å². The van der Waals surface area contributed by atoms with Crippen LogP contribution in [0.2, 0.25) is 0 Å². The standard InChI is InChI=1S/C16H23N5O3/c1-10-14(11(2)23-18-10)9-20-6-5-15(16-17-12(3)19-24-16)21(8-7-20)13(4)22/h15H,5-9H2,1-4H3. The molecule has 8 nitrogen and oxygen atoms in total. The van der Waals surface area contributed by atoms with Crippen LogP contribution in [0, 0.1) is 20.8 Å². The zero-order valence-electron chi connectivity index (χ0n) is 14.6. The number of aromatic nitrogens is 3. The van der Waals surface area contributed by atoms with Gasteiger partial charge in [-0.3, -0.25) is 9.69 Å². The Labute approximate surface area is 140 Å². The summed E-state index contributed by atoms with van der Waals surface area (Å²) in [5.41, 5.74) is 2.04. The molecule has 3 heterocycles. The average molecular weight is 333 g/mol. The van der Waals surface area contributed by atoms with Gasteiger partial charge in [0.15, 0.2) is 5.82 Å². The Bertz CT molecular complexity index is 704. The van der Waals surface area contributed by atoms with Gasteiger partial charge in [0.25, 0.3) is 0 Å². The third kappa shape index (κ3) is 3.33. The number of hydrogen-bond acceptors (Lipinski definition) is 7. The fourth-order valence-corrected chi connectivity index (χ4v) is 3.17. The molecule has 3 rings (SSSR count). The highest BCUT2D eigenvalue weighted by Gasteiger charge is 2.31. The molecule has 8 heteroatoms. The monoisotopic (exact) mass is 333 g/mol. The van der Waals surface area contributed by atoms with Crippen molar-refractivity contribution < 1.29 is 13.8 Å². The van der Waals surface area contributed by atoms with Gasteiger partial charge in [0.05, 0.1) is 5.69 Å². The molecule has 1 unspecified atom stereocenters. The summed E-state index contributed by atoms with van der Waals surface area (Å²) in [4.78, 5) is 20.5. The van der Waals surface area contributed by atoms with Crippen molar-refractivity contribution in [3.63, 3.8) is 0 Å². The van der Waals surface area contributed by atoms with Gasteiger partial charge in [0, 0.05) is 38.7 Å². The van der Waals surface area contributed by atoms with E-state index in [1.807, 2.05) is 18.7 Å². The minimum absolute atomic E-state index is 0.0232. The molecule has 2 aromatic heterocycles. The van der Waals surface area contributed by atoms with Crippen LogP contribution >= 0.6 is 0 Å². The molecule has 1 fully saturated rings. The number of hydrogen-bond donors (Lipinski definition) is 0. The van der Waals surface area contributed by atoms with E-state index in [0.29, 0.717) is 18.3 Å². The summed E-state index contributed by atoms with van der Waals surface area (Å²) < 4.78 is 10.6. The van der Waals surface area contributed by atoms with Gasteiger partial charge in [-0.05, 0) is 27.2 Å². The zero-order chi connectivity index (χ0) is 17.3. The maximum Gasteiger partial charge on any atom is 0.249 e. The van der Waals surface area contributed by atoms with E-state index in [1.165, 1.54) is 0 Å². The Balaban J connectivity index is 1.76. The number of nitrogens with zero attached hydrogens (tertiary/aromatic N) is 5. The molecule has 1 atom stereocenters. The van der Waals surface area contributed by atoms with Crippen molar-refractivity contribution in [3.8, 4) is 0 Å². The molecule has 24 heavy (non-hydrogen) atoms. The number of aryl methyl sites for hydroxylation is 3. The SMILES string of the molecule is CC(=O)N1CCN(Cc2c(C)noc2C)CCC1c1nc(C)no1. The molecule has 0 bridgehead atoms. The van der Waals surface area contributed by atoms with Crippen LogP contribution in [0.3, 0.4) is 0 Å². The lowest BCUT2D eigenvalue weighted by Crippen LogP contribution is -2.35. The number of carbonyl (C=O) groups is 1. The first-order chi connectivity index (χ1) is 11.5. The van der Waals surface area contributed by atoms with Crippen molar-refractivity contribution in [2.75, 3.05) is 19.6 Å². The number of carbonyl (C=O) groups excluding carboxylic acids is 1. The fraction of sp³-hybridized carbons (Fsp3) is 0.625. The molecule has 0 N–H and O–H groups in total. The van der Waals surface area contributed by atoms with E-state index in [4.69, 9.17) is 9.05 Å². The van der Waals surface area contributed by atoms with Crippen LogP contribution in [0.4, 0.5) is 0 Å². The second-order valence-electron chi connectivity index (χ2n) is 6.28. The van der Waals surface area contributed by atoms with Crippen LogP contribution in [0.5, 0.6) is 0 Å². The third-order valence-electron chi connectivity index (χ3n) is 4.55. The lowest BCUT2D eigenvalue weighted by atomic mass is 10.1. The molecule has 0 aliphatic carbocycles. The van der Waals surface area contributed by atoms with Gasteiger partial charge in [0.1, 0.15) is 11.8 Å². The van der Waals surface area contributed by atoms with E-state index in [9.17, 15) is 4.79 Å². The second kappa shape index (κ2) is 6.72. The normalized spacial score (nSPS) is 19.5. The molecule has 2 aromatic rings. The van der Waals surface area contributed by atoms with Crippen molar-refractivity contribution in [1.82, 2.24) is 25.1 Å². The Hall–Kier alpha value is -2.22. The summed E-state index contributed by atoms with van der Waals surface area (Å²) in [7, 11) is 0. The van der Waals surface area contributed by atoms with Gasteiger partial charge < -0.3 is 13.9 Å². The van der Waals surface area contributed by atoms with E-state index in [1.54, 1.807) is 13.8 Å². The van der Waals surface area contributed by atoms with Gasteiger partial charge in [-0.25, -0.2) is 0 Å². The van der Waals surface area contributed by atoms with Crippen molar-refractivity contribution >= 4 is 5.91 Å². The molecule has 0 aromatic carbocycles. The fourth-order valence-electron chi connectivity index (χ4n) is 3.17. The first kappa shape index (κ1) is 16.6. The van der Waals surface area contributed by atoms with Gasteiger partial charge in [-0.1, -0.05) is 10.3 Å². The molecule has 0 radical (unpaired) electrons.